The molecule has 0 heterocycles. The maximum Gasteiger partial charge on any atom is 0.387 e. The first-order valence-electron chi connectivity index (χ1n) is 7.00. The molecule has 0 radical (unpaired) electrons. The molecule has 1 amide bonds. The van der Waals surface area contributed by atoms with Crippen LogP contribution in [-0.2, 0) is 16.0 Å². The molecule has 2 N–H and O–H groups in total. The molecule has 1 aromatic carbocycles. The second-order valence-electron chi connectivity index (χ2n) is 5.31. The molecule has 2 atom stereocenters. The van der Waals surface area contributed by atoms with Crippen molar-refractivity contribution in [1.82, 2.24) is 5.32 Å². The summed E-state index contributed by atoms with van der Waals surface area (Å²) in [6.45, 7) is -2.88. The zero-order valence-electron chi connectivity index (χ0n) is 11.8. The third kappa shape index (κ3) is 4.68. The van der Waals surface area contributed by atoms with Crippen LogP contribution in [0.25, 0.3) is 0 Å². The molecule has 0 saturated heterocycles. The number of nitrogens with one attached hydrogen (secondary N) is 1. The van der Waals surface area contributed by atoms with Crippen molar-refractivity contribution in [2.24, 2.45) is 5.92 Å². The van der Waals surface area contributed by atoms with Gasteiger partial charge in [0.1, 0.15) is 5.75 Å². The van der Waals surface area contributed by atoms with Crippen molar-refractivity contribution in [2.75, 3.05) is 0 Å². The SMILES string of the molecule is O=C(Cc1ccc(OC(F)F)cc1)N[C@H]1CC[C@@H](C(=O)O)C1. The van der Waals surface area contributed by atoms with Gasteiger partial charge >= 0.3 is 12.6 Å². The van der Waals surface area contributed by atoms with Gasteiger partial charge in [0.25, 0.3) is 0 Å². The maximum atomic E-state index is 12.0. The summed E-state index contributed by atoms with van der Waals surface area (Å²) in [7, 11) is 0. The van der Waals surface area contributed by atoms with Crippen LogP contribution in [0.15, 0.2) is 24.3 Å². The molecule has 1 aliphatic carbocycles. The van der Waals surface area contributed by atoms with Crippen molar-refractivity contribution in [3.8, 4) is 5.75 Å². The molecule has 0 unspecified atom stereocenters. The predicted molar refractivity (Wildman–Crippen MR) is 73.7 cm³/mol. The number of alkyl halides is 2. The van der Waals surface area contributed by atoms with Gasteiger partial charge in [-0.25, -0.2) is 0 Å². The molecule has 0 bridgehead atoms. The topological polar surface area (TPSA) is 75.6 Å². The second kappa shape index (κ2) is 7.20. The summed E-state index contributed by atoms with van der Waals surface area (Å²) in [6.07, 6.45) is 1.79. The van der Waals surface area contributed by atoms with Gasteiger partial charge < -0.3 is 15.2 Å². The highest BCUT2D eigenvalue weighted by molar-refractivity contribution is 5.79. The number of carbonyl (C=O) groups is 2. The van der Waals surface area contributed by atoms with E-state index < -0.39 is 18.5 Å². The zero-order chi connectivity index (χ0) is 16.1. The highest BCUT2D eigenvalue weighted by atomic mass is 19.3. The van der Waals surface area contributed by atoms with Crippen LogP contribution in [0.2, 0.25) is 0 Å². The number of rotatable bonds is 6. The molecule has 1 aromatic rings. The highest BCUT2D eigenvalue weighted by Gasteiger charge is 2.30. The van der Waals surface area contributed by atoms with Crippen molar-refractivity contribution < 1.29 is 28.2 Å². The van der Waals surface area contributed by atoms with Gasteiger partial charge in [-0.1, -0.05) is 12.1 Å². The number of aliphatic carboxylic acids is 1. The predicted octanol–water partition coefficient (Wildman–Crippen LogP) is 2.20. The summed E-state index contributed by atoms with van der Waals surface area (Å²) in [6, 6.07) is 5.74. The van der Waals surface area contributed by atoms with Crippen LogP contribution in [0.4, 0.5) is 8.78 Å². The summed E-state index contributed by atoms with van der Waals surface area (Å²) in [5.41, 5.74) is 0.673. The number of carboxylic acid groups (broad SMARTS) is 1. The van der Waals surface area contributed by atoms with E-state index in [0.29, 0.717) is 24.8 Å². The number of carbonyl (C=O) groups excluding carboxylic acids is 1. The van der Waals surface area contributed by atoms with Crippen LogP contribution < -0.4 is 10.1 Å². The largest absolute Gasteiger partial charge is 0.481 e. The van der Waals surface area contributed by atoms with Gasteiger partial charge in [-0.2, -0.15) is 8.78 Å². The number of hydrogen-bond donors (Lipinski definition) is 2. The van der Waals surface area contributed by atoms with E-state index in [-0.39, 0.29) is 24.1 Å². The van der Waals surface area contributed by atoms with Crippen molar-refractivity contribution in [3.63, 3.8) is 0 Å². The highest BCUT2D eigenvalue weighted by Crippen LogP contribution is 2.25. The summed E-state index contributed by atoms with van der Waals surface area (Å²) in [5.74, 6) is -1.39. The van der Waals surface area contributed by atoms with E-state index in [1.165, 1.54) is 12.1 Å². The Morgan fingerprint density at radius 3 is 2.50 bits per heavy atom. The molecule has 1 saturated carbocycles. The minimum atomic E-state index is -2.88. The smallest absolute Gasteiger partial charge is 0.387 e. The van der Waals surface area contributed by atoms with Gasteiger partial charge in [-0.3, -0.25) is 9.59 Å². The fourth-order valence-corrected chi connectivity index (χ4v) is 2.59. The van der Waals surface area contributed by atoms with E-state index in [4.69, 9.17) is 5.11 Å². The molecule has 2 rings (SSSR count). The van der Waals surface area contributed by atoms with Gasteiger partial charge in [0.2, 0.25) is 5.91 Å². The van der Waals surface area contributed by atoms with Crippen LogP contribution in [-0.4, -0.2) is 29.6 Å². The van der Waals surface area contributed by atoms with E-state index in [1.807, 2.05) is 0 Å². The quantitative estimate of drug-likeness (QED) is 0.844. The number of carboxylic acids is 1. The Bertz CT molecular complexity index is 533. The Morgan fingerprint density at radius 1 is 1.27 bits per heavy atom. The van der Waals surface area contributed by atoms with Gasteiger partial charge in [0.15, 0.2) is 0 Å². The molecule has 22 heavy (non-hydrogen) atoms. The molecule has 0 spiro atoms. The minimum absolute atomic E-state index is 0.0410. The Morgan fingerprint density at radius 2 is 1.95 bits per heavy atom. The summed E-state index contributed by atoms with van der Waals surface area (Å²) in [4.78, 5) is 22.8. The van der Waals surface area contributed by atoms with Crippen LogP contribution >= 0.6 is 0 Å². The number of amides is 1. The Balaban J connectivity index is 1.81. The molecule has 1 aliphatic rings. The molecule has 0 aromatic heterocycles. The summed E-state index contributed by atoms with van der Waals surface area (Å²) >= 11 is 0. The standard InChI is InChI=1S/C15H17F2NO4/c16-15(17)22-12-5-1-9(2-6-12)7-13(19)18-11-4-3-10(8-11)14(20)21/h1-2,5-6,10-11,15H,3-4,7-8H2,(H,18,19)(H,20,21)/t10-,11+/m1/s1. The molecule has 120 valence electrons. The first-order valence-corrected chi connectivity index (χ1v) is 7.00. The van der Waals surface area contributed by atoms with Gasteiger partial charge in [0.05, 0.1) is 12.3 Å². The van der Waals surface area contributed by atoms with Crippen LogP contribution in [0, 0.1) is 5.92 Å². The maximum absolute atomic E-state index is 12.0. The second-order valence-corrected chi connectivity index (χ2v) is 5.31. The number of ether oxygens (including phenoxy) is 1. The minimum Gasteiger partial charge on any atom is -0.481 e. The average Bonchev–Trinajstić information content (AvgIpc) is 2.89. The number of hydrogen-bond acceptors (Lipinski definition) is 3. The Labute approximate surface area is 126 Å². The van der Waals surface area contributed by atoms with Crippen LogP contribution in [0.3, 0.4) is 0 Å². The summed E-state index contributed by atoms with van der Waals surface area (Å²) < 4.78 is 28.3. The van der Waals surface area contributed by atoms with Gasteiger partial charge in [-0.15, -0.1) is 0 Å². The first kappa shape index (κ1) is 16.2. The van der Waals surface area contributed by atoms with E-state index in [2.05, 4.69) is 10.1 Å². The van der Waals surface area contributed by atoms with Gasteiger partial charge in [-0.05, 0) is 37.0 Å². The van der Waals surface area contributed by atoms with E-state index in [1.54, 1.807) is 12.1 Å². The molecule has 5 nitrogen and oxygen atoms in total. The third-order valence-electron chi connectivity index (χ3n) is 3.66. The van der Waals surface area contributed by atoms with Crippen molar-refractivity contribution in [3.05, 3.63) is 29.8 Å². The van der Waals surface area contributed by atoms with Crippen molar-refractivity contribution in [1.29, 1.82) is 0 Å². The number of benzene rings is 1. The molecular formula is C15H17F2NO4. The fraction of sp³-hybridized carbons (Fsp3) is 0.467. The lowest BCUT2D eigenvalue weighted by atomic mass is 10.1. The fourth-order valence-electron chi connectivity index (χ4n) is 2.59. The first-order chi connectivity index (χ1) is 10.4. The third-order valence-corrected chi connectivity index (χ3v) is 3.66. The van der Waals surface area contributed by atoms with E-state index >= 15 is 0 Å². The zero-order valence-corrected chi connectivity index (χ0v) is 11.8. The van der Waals surface area contributed by atoms with Crippen molar-refractivity contribution >= 4 is 11.9 Å². The Hall–Kier alpha value is -2.18. The van der Waals surface area contributed by atoms with Gasteiger partial charge in [0, 0.05) is 6.04 Å². The van der Waals surface area contributed by atoms with E-state index in [9.17, 15) is 18.4 Å². The van der Waals surface area contributed by atoms with E-state index in [0.717, 1.165) is 0 Å². The van der Waals surface area contributed by atoms with Crippen LogP contribution in [0.1, 0.15) is 24.8 Å². The normalized spacial score (nSPS) is 20.9. The molecular weight excluding hydrogens is 296 g/mol. The van der Waals surface area contributed by atoms with Crippen LogP contribution in [0.5, 0.6) is 5.75 Å². The number of halogens is 2. The molecule has 1 fully saturated rings. The molecule has 7 heteroatoms. The lowest BCUT2D eigenvalue weighted by Gasteiger charge is -2.12. The summed E-state index contributed by atoms with van der Waals surface area (Å²) in [5, 5.41) is 11.7. The average molecular weight is 313 g/mol. The monoisotopic (exact) mass is 313 g/mol. The molecule has 0 aliphatic heterocycles. The lowest BCUT2D eigenvalue weighted by Crippen LogP contribution is -2.34. The lowest BCUT2D eigenvalue weighted by molar-refractivity contribution is -0.141. The van der Waals surface area contributed by atoms with Crippen molar-refractivity contribution in [2.45, 2.75) is 38.3 Å². The Kier molecular flexibility index (Phi) is 5.30.